The molecule has 2 aromatic carbocycles. The Kier molecular flexibility index (Phi) is 6.40. The van der Waals surface area contributed by atoms with E-state index in [1.165, 1.54) is 6.33 Å². The monoisotopic (exact) mass is 457 g/mol. The van der Waals surface area contributed by atoms with Gasteiger partial charge >= 0.3 is 0 Å². The number of aromatic nitrogens is 2. The summed E-state index contributed by atoms with van der Waals surface area (Å²) in [7, 11) is -1.49. The van der Waals surface area contributed by atoms with Crippen LogP contribution in [0.3, 0.4) is 0 Å². The second kappa shape index (κ2) is 8.56. The molecule has 0 fully saturated rings. The molecule has 0 saturated heterocycles. The third-order valence-corrected chi connectivity index (χ3v) is 13.7. The molecule has 0 radical (unpaired) electrons. The van der Waals surface area contributed by atoms with E-state index in [2.05, 4.69) is 53.9 Å². The number of hydrogen-bond acceptors (Lipinski definition) is 6. The van der Waals surface area contributed by atoms with Crippen LogP contribution in [0.2, 0.25) is 18.1 Å². The Balaban J connectivity index is 1.93. The topological polar surface area (TPSA) is 88.5 Å². The number of anilines is 2. The molecule has 0 saturated carbocycles. The normalized spacial score (nSPS) is 14.2. The molecule has 3 aromatic rings. The minimum atomic E-state index is -2.71. The van der Waals surface area contributed by atoms with E-state index in [0.717, 1.165) is 22.3 Å². The first-order valence-corrected chi connectivity index (χ1v) is 14.6. The maximum atomic E-state index is 13.6. The van der Waals surface area contributed by atoms with Gasteiger partial charge in [-0.05, 0) is 51.7 Å². The van der Waals surface area contributed by atoms with Gasteiger partial charge in [0.15, 0.2) is 0 Å². The molecule has 167 valence electrons. The number of benzene rings is 2. The smallest absolute Gasteiger partial charge is 0.141 e. The first-order chi connectivity index (χ1) is 14.5. The summed E-state index contributed by atoms with van der Waals surface area (Å²) in [6, 6.07) is 13.2. The quantitative estimate of drug-likeness (QED) is 0.487. The Bertz CT molecular complexity index is 1200. The van der Waals surface area contributed by atoms with Crippen molar-refractivity contribution in [3.8, 4) is 5.75 Å². The number of nitrogens with zero attached hydrogens (tertiary/aromatic N) is 3. The summed E-state index contributed by atoms with van der Waals surface area (Å²) in [4.78, 5) is 9.36. The fourth-order valence-electron chi connectivity index (χ4n) is 2.80. The Morgan fingerprint density at radius 1 is 1.06 bits per heavy atom. The van der Waals surface area contributed by atoms with Gasteiger partial charge in [-0.15, -0.1) is 18.1 Å². The molecule has 0 aliphatic heterocycles. The van der Waals surface area contributed by atoms with E-state index in [-0.39, 0.29) is 5.04 Å². The highest BCUT2D eigenvalue weighted by molar-refractivity contribution is 7.92. The van der Waals surface area contributed by atoms with Gasteiger partial charge in [-0.1, -0.05) is 20.8 Å². The van der Waals surface area contributed by atoms with Gasteiger partial charge in [0, 0.05) is 17.1 Å². The Morgan fingerprint density at radius 2 is 1.74 bits per heavy atom. The van der Waals surface area contributed by atoms with Gasteiger partial charge in [-0.25, -0.2) is 18.9 Å². The molecule has 31 heavy (non-hydrogen) atoms. The number of ether oxygens (including phenoxy) is 1. The van der Waals surface area contributed by atoms with E-state index >= 15 is 0 Å². The van der Waals surface area contributed by atoms with Crippen LogP contribution in [0.5, 0.6) is 5.75 Å². The number of methoxy groups -OCH3 is 1. The lowest BCUT2D eigenvalue weighted by atomic mass is 10.2. The van der Waals surface area contributed by atoms with Crippen molar-refractivity contribution >= 4 is 40.6 Å². The summed E-state index contributed by atoms with van der Waals surface area (Å²) < 4.78 is 26.7. The van der Waals surface area contributed by atoms with Crippen molar-refractivity contribution in [3.05, 3.63) is 48.8 Å². The Hall–Kier alpha value is -2.49. The van der Waals surface area contributed by atoms with E-state index in [1.54, 1.807) is 14.2 Å². The Morgan fingerprint density at radius 3 is 2.32 bits per heavy atom. The van der Waals surface area contributed by atoms with Crippen molar-refractivity contribution in [1.29, 1.82) is 0 Å². The van der Waals surface area contributed by atoms with Gasteiger partial charge in [0.2, 0.25) is 0 Å². The maximum Gasteiger partial charge on any atom is 0.141 e. The van der Waals surface area contributed by atoms with Crippen molar-refractivity contribution in [2.75, 3.05) is 19.5 Å². The summed E-state index contributed by atoms with van der Waals surface area (Å²) in [6.07, 6.45) is 1.52. The molecule has 0 bridgehead atoms. The number of fused-ring (bicyclic) bond motifs is 1. The van der Waals surface area contributed by atoms with Gasteiger partial charge in [0.1, 0.15) is 17.9 Å². The van der Waals surface area contributed by atoms with E-state index in [1.807, 2.05) is 42.5 Å². The summed E-state index contributed by atoms with van der Waals surface area (Å²) in [5.41, 5.74) is 1.63. The average molecular weight is 458 g/mol. The molecule has 0 aliphatic rings. The van der Waals surface area contributed by atoms with Crippen LogP contribution >= 0.6 is 0 Å². The van der Waals surface area contributed by atoms with Crippen LogP contribution < -0.4 is 14.8 Å². The predicted octanol–water partition coefficient (Wildman–Crippen LogP) is 5.35. The fraction of sp³-hybridized carbons (Fsp3) is 0.364. The molecular weight excluding hydrogens is 426 g/mol. The lowest BCUT2D eigenvalue weighted by molar-refractivity contribution is 0.415. The summed E-state index contributed by atoms with van der Waals surface area (Å²) in [5, 5.41) is 4.22. The van der Waals surface area contributed by atoms with Gasteiger partial charge in [0.25, 0.3) is 0 Å². The molecule has 0 aliphatic carbocycles. The highest BCUT2D eigenvalue weighted by Crippen LogP contribution is 2.38. The van der Waals surface area contributed by atoms with Gasteiger partial charge < -0.3 is 14.1 Å². The van der Waals surface area contributed by atoms with Crippen molar-refractivity contribution in [3.63, 3.8) is 0 Å². The second-order valence-corrected chi connectivity index (χ2v) is 16.2. The van der Waals surface area contributed by atoms with Crippen LogP contribution in [0, 0.1) is 0 Å². The number of rotatable bonds is 6. The lowest BCUT2D eigenvalue weighted by Gasteiger charge is -2.45. The van der Waals surface area contributed by atoms with E-state index < -0.39 is 18.2 Å². The first-order valence-electron chi connectivity index (χ1n) is 10.1. The van der Waals surface area contributed by atoms with Crippen molar-refractivity contribution in [2.24, 2.45) is 4.03 Å². The minimum Gasteiger partial charge on any atom is -0.497 e. The maximum absolute atomic E-state index is 13.6. The molecule has 9 heteroatoms. The lowest BCUT2D eigenvalue weighted by Crippen LogP contribution is -2.38. The molecule has 0 spiro atoms. The van der Waals surface area contributed by atoms with Gasteiger partial charge in [0.05, 0.1) is 27.4 Å². The number of hydrogen-bond donors (Lipinski definition) is 2. The van der Waals surface area contributed by atoms with E-state index in [4.69, 9.17) is 8.77 Å². The zero-order valence-electron chi connectivity index (χ0n) is 19.2. The third kappa shape index (κ3) is 4.89. The summed E-state index contributed by atoms with van der Waals surface area (Å²) in [6.45, 7) is 10.8. The summed E-state index contributed by atoms with van der Waals surface area (Å²) >= 11 is 0. The van der Waals surface area contributed by atoms with Crippen LogP contribution in [0.1, 0.15) is 20.8 Å². The molecular formula is C22H31N5O2SSi-. The van der Waals surface area contributed by atoms with Crippen LogP contribution in [-0.2, 0) is 9.92 Å². The van der Waals surface area contributed by atoms with Gasteiger partial charge in [-0.2, -0.15) is 0 Å². The molecule has 1 atom stereocenters. The highest BCUT2D eigenvalue weighted by atomic mass is 32.2. The van der Waals surface area contributed by atoms with Crippen LogP contribution in [0.15, 0.2) is 57.7 Å². The molecule has 1 aromatic heterocycles. The van der Waals surface area contributed by atoms with E-state index in [9.17, 15) is 4.21 Å². The van der Waals surface area contributed by atoms with E-state index in [0.29, 0.717) is 10.7 Å². The molecule has 1 heterocycles. The zero-order valence-corrected chi connectivity index (χ0v) is 21.0. The second-order valence-electron chi connectivity index (χ2n) is 8.88. The Labute approximate surface area is 186 Å². The highest BCUT2D eigenvalue weighted by Gasteiger charge is 2.25. The molecule has 3 rings (SSSR count). The van der Waals surface area contributed by atoms with Crippen LogP contribution in [-0.4, -0.2) is 36.6 Å². The number of nitrogens with one attached hydrogen (secondary N) is 2. The predicted molar refractivity (Wildman–Crippen MR) is 131 cm³/mol. The standard InChI is InChI=1S/C22H31N5O2SSi/c1-22(2,3)31(6,7)27-30(28,23-4)18-11-8-16(9-12-18)26-21-19-13-10-17(29-5)14-20(19)24-15-25-21/h8-15H,1-7H3,(H,23,27,28)(H,24,25,26)/q-1. The first kappa shape index (κ1) is 23.2. The molecule has 0 amide bonds. The van der Waals surface area contributed by atoms with Crippen LogP contribution in [0.25, 0.3) is 10.9 Å². The summed E-state index contributed by atoms with van der Waals surface area (Å²) in [5.74, 6) is 1.44. The van der Waals surface area contributed by atoms with Crippen molar-refractivity contribution < 1.29 is 8.95 Å². The minimum absolute atomic E-state index is 0.00472. The van der Waals surface area contributed by atoms with Crippen LogP contribution in [0.4, 0.5) is 11.5 Å². The largest absolute Gasteiger partial charge is 0.497 e. The average Bonchev–Trinajstić information content (AvgIpc) is 2.72. The molecule has 2 N–H and O–H groups in total. The SMILES string of the molecule is CNS(=O)(=N[Si-](C)(C)C(C)(C)C)c1ccc(Nc2ncnc3cc(OC)ccc23)cc1. The van der Waals surface area contributed by atoms with Crippen molar-refractivity contribution in [1.82, 2.24) is 14.7 Å². The van der Waals surface area contributed by atoms with Crippen molar-refractivity contribution in [2.45, 2.75) is 43.8 Å². The van der Waals surface area contributed by atoms with Gasteiger partial charge in [-0.3, -0.25) is 0 Å². The molecule has 1 unspecified atom stereocenters. The molecule has 7 nitrogen and oxygen atoms in total. The fourth-order valence-corrected chi connectivity index (χ4v) is 7.99. The zero-order chi connectivity index (χ0) is 22.9. The third-order valence-electron chi connectivity index (χ3n) is 5.75.